The number of ether oxygens (including phenoxy) is 2. The molecule has 2 aromatic heterocycles. The number of rotatable bonds is 13. The lowest BCUT2D eigenvalue weighted by atomic mass is 9.93. The van der Waals surface area contributed by atoms with Crippen molar-refractivity contribution in [3.8, 4) is 5.75 Å². The first-order valence-electron chi connectivity index (χ1n) is 16.3. The highest BCUT2D eigenvalue weighted by molar-refractivity contribution is 7.29. The fourth-order valence-electron chi connectivity index (χ4n) is 5.53. The van der Waals surface area contributed by atoms with Gasteiger partial charge in [0.25, 0.3) is 0 Å². The largest absolute Gasteiger partial charge is 0.462 e. The van der Waals surface area contributed by atoms with E-state index < -0.39 is 29.4 Å². The van der Waals surface area contributed by atoms with Gasteiger partial charge in [-0.15, -0.1) is 21.6 Å². The molecule has 3 aromatic carbocycles. The van der Waals surface area contributed by atoms with E-state index in [1.54, 1.807) is 24.3 Å². The second-order valence-corrected chi connectivity index (χ2v) is 13.5. The van der Waals surface area contributed by atoms with E-state index in [9.17, 15) is 19.2 Å². The summed E-state index contributed by atoms with van der Waals surface area (Å²) < 4.78 is 11.7. The van der Waals surface area contributed by atoms with Crippen molar-refractivity contribution in [3.63, 3.8) is 0 Å². The summed E-state index contributed by atoms with van der Waals surface area (Å²) in [5.74, 6) is -3.48. The number of anilines is 1. The molecule has 254 valence electrons. The Labute approximate surface area is 297 Å². The fourth-order valence-corrected chi connectivity index (χ4v) is 7.53. The van der Waals surface area contributed by atoms with Crippen molar-refractivity contribution in [2.24, 2.45) is 16.1 Å². The molecular formula is C38H34N4O6S2. The summed E-state index contributed by atoms with van der Waals surface area (Å²) in [6.07, 6.45) is 3.18. The van der Waals surface area contributed by atoms with Crippen LogP contribution in [0.3, 0.4) is 0 Å². The van der Waals surface area contributed by atoms with Gasteiger partial charge >= 0.3 is 11.9 Å². The number of unbranched alkanes of at least 4 members (excludes halogenated alkanes) is 1. The van der Waals surface area contributed by atoms with Gasteiger partial charge in [-0.3, -0.25) is 9.59 Å². The number of thiophene rings is 1. The number of carbonyl (C=O) groups excluding carboxylic acids is 4. The van der Waals surface area contributed by atoms with Crippen molar-refractivity contribution >= 4 is 78.3 Å². The Morgan fingerprint density at radius 2 is 1.56 bits per heavy atom. The molecule has 0 saturated heterocycles. The topological polar surface area (TPSA) is 128 Å². The van der Waals surface area contributed by atoms with E-state index in [2.05, 4.69) is 34.0 Å². The number of ketones is 2. The monoisotopic (exact) mass is 706 g/mol. The van der Waals surface area contributed by atoms with Gasteiger partial charge in [-0.25, -0.2) is 14.6 Å². The van der Waals surface area contributed by atoms with Crippen molar-refractivity contribution in [1.29, 1.82) is 0 Å². The summed E-state index contributed by atoms with van der Waals surface area (Å²) in [6, 6.07) is 22.1. The first-order chi connectivity index (χ1) is 24.3. The van der Waals surface area contributed by atoms with Gasteiger partial charge in [-0.2, -0.15) is 0 Å². The van der Waals surface area contributed by atoms with Gasteiger partial charge in [0, 0.05) is 34.8 Å². The van der Waals surface area contributed by atoms with Crippen LogP contribution in [0.4, 0.5) is 16.5 Å². The van der Waals surface area contributed by atoms with Crippen LogP contribution in [0.15, 0.2) is 94.7 Å². The summed E-state index contributed by atoms with van der Waals surface area (Å²) in [7, 11) is 0. The molecule has 10 nitrogen and oxygen atoms in total. The maximum atomic E-state index is 13.7. The fraction of sp³-hybridized carbons (Fsp3) is 0.237. The van der Waals surface area contributed by atoms with Crippen molar-refractivity contribution in [2.75, 3.05) is 24.6 Å². The predicted molar refractivity (Wildman–Crippen MR) is 196 cm³/mol. The van der Waals surface area contributed by atoms with Gasteiger partial charge in [0.05, 0.1) is 28.1 Å². The molecule has 6 rings (SSSR count). The van der Waals surface area contributed by atoms with Crippen LogP contribution in [-0.4, -0.2) is 48.2 Å². The van der Waals surface area contributed by atoms with Crippen molar-refractivity contribution < 1.29 is 28.7 Å². The van der Waals surface area contributed by atoms with Crippen molar-refractivity contribution in [2.45, 2.75) is 33.6 Å². The zero-order valence-electron chi connectivity index (χ0n) is 27.8. The lowest BCUT2D eigenvalue weighted by Crippen LogP contribution is -2.26. The van der Waals surface area contributed by atoms with Gasteiger partial charge in [-0.05, 0) is 80.9 Å². The normalized spacial score (nSPS) is 13.3. The quantitative estimate of drug-likeness (QED) is 0.0296. The molecule has 0 atom stereocenters. The minimum absolute atomic E-state index is 0.0961. The molecule has 0 unspecified atom stereocenters. The van der Waals surface area contributed by atoms with Gasteiger partial charge in [-0.1, -0.05) is 48.9 Å². The maximum Gasteiger partial charge on any atom is 0.340 e. The number of esters is 2. The van der Waals surface area contributed by atoms with Gasteiger partial charge < -0.3 is 14.4 Å². The van der Waals surface area contributed by atoms with Crippen molar-refractivity contribution in [3.05, 3.63) is 106 Å². The number of fused-ring (bicyclic) bond motifs is 2. The molecule has 1 aliphatic rings. The molecule has 5 aromatic rings. The second kappa shape index (κ2) is 15.5. The molecule has 0 N–H and O–H groups in total. The van der Waals surface area contributed by atoms with E-state index in [4.69, 9.17) is 9.47 Å². The highest BCUT2D eigenvalue weighted by atomic mass is 32.1. The first kappa shape index (κ1) is 34.5. The molecule has 1 aliphatic carbocycles. The summed E-state index contributed by atoms with van der Waals surface area (Å²) in [5.41, 5.74) is 2.57. The molecule has 0 fully saturated rings. The number of aromatic nitrogens is 1. The van der Waals surface area contributed by atoms with E-state index >= 15 is 0 Å². The lowest BCUT2D eigenvalue weighted by Gasteiger charge is -2.20. The lowest BCUT2D eigenvalue weighted by molar-refractivity contribution is -0.130. The van der Waals surface area contributed by atoms with E-state index in [0.29, 0.717) is 32.7 Å². The van der Waals surface area contributed by atoms with Gasteiger partial charge in [0.2, 0.25) is 5.13 Å². The summed E-state index contributed by atoms with van der Waals surface area (Å²) >= 11 is 2.63. The number of hydrogen-bond acceptors (Lipinski definition) is 12. The molecule has 12 heteroatoms. The summed E-state index contributed by atoms with van der Waals surface area (Å²) in [5, 5.41) is 9.14. The molecule has 50 heavy (non-hydrogen) atoms. The molecule has 0 radical (unpaired) electrons. The van der Waals surface area contributed by atoms with Crippen molar-refractivity contribution in [1.82, 2.24) is 4.98 Å². The van der Waals surface area contributed by atoms with E-state index in [0.717, 1.165) is 36.3 Å². The van der Waals surface area contributed by atoms with Crippen LogP contribution in [0.5, 0.6) is 5.75 Å². The average Bonchev–Trinajstić information content (AvgIpc) is 3.77. The Balaban J connectivity index is 1.24. The van der Waals surface area contributed by atoms with Gasteiger partial charge in [0.15, 0.2) is 11.6 Å². The van der Waals surface area contributed by atoms with Crippen LogP contribution in [0, 0.1) is 5.92 Å². The van der Waals surface area contributed by atoms with Crippen LogP contribution in [0.1, 0.15) is 69.6 Å². The third kappa shape index (κ3) is 7.46. The third-order valence-electron chi connectivity index (χ3n) is 8.18. The molecule has 0 spiro atoms. The zero-order valence-corrected chi connectivity index (χ0v) is 29.4. The molecular weight excluding hydrogens is 673 g/mol. The van der Waals surface area contributed by atoms with Crippen LogP contribution < -0.4 is 9.64 Å². The molecule has 0 bridgehead atoms. The Morgan fingerprint density at radius 1 is 0.880 bits per heavy atom. The van der Waals surface area contributed by atoms with E-state index in [-0.39, 0.29) is 22.4 Å². The summed E-state index contributed by atoms with van der Waals surface area (Å²) in [4.78, 5) is 61.2. The smallest absolute Gasteiger partial charge is 0.340 e. The standard InChI is InChI=1S/C38H34N4O6S2/c1-4-7-20-47-36(45)23-12-18-26(19-13-23)48-37(46)30(32-33(43)28-10-8-9-11-29(28)34(32)44)21-27-22-31-35(49-27)39-38(50-31)41-40-24-14-16-25(17-15-24)42(5-2)6-3/h8-19,21-22,32H,4-7,20H2,1-3H3/b30-21+,41-40+. The van der Waals surface area contributed by atoms with Crippen LogP contribution >= 0.6 is 22.7 Å². The Morgan fingerprint density at radius 3 is 2.18 bits per heavy atom. The number of hydrogen-bond donors (Lipinski definition) is 0. The van der Waals surface area contributed by atoms with Crippen LogP contribution in [-0.2, 0) is 9.53 Å². The predicted octanol–water partition coefficient (Wildman–Crippen LogP) is 9.26. The highest BCUT2D eigenvalue weighted by Gasteiger charge is 2.43. The number of azo groups is 1. The van der Waals surface area contributed by atoms with E-state index in [1.165, 1.54) is 53.0 Å². The first-order valence-corrected chi connectivity index (χ1v) is 18.0. The molecule has 0 saturated carbocycles. The second-order valence-electron chi connectivity index (χ2n) is 11.4. The zero-order chi connectivity index (χ0) is 35.2. The number of carbonyl (C=O) groups is 4. The Bertz CT molecular complexity index is 2040. The van der Waals surface area contributed by atoms with E-state index in [1.807, 2.05) is 37.3 Å². The third-order valence-corrected chi connectivity index (χ3v) is 10.2. The van der Waals surface area contributed by atoms with Crippen LogP contribution in [0.2, 0.25) is 0 Å². The van der Waals surface area contributed by atoms with Crippen LogP contribution in [0.25, 0.3) is 15.6 Å². The molecule has 0 aliphatic heterocycles. The highest BCUT2D eigenvalue weighted by Crippen LogP contribution is 2.38. The Hall–Kier alpha value is -5.33. The maximum absolute atomic E-state index is 13.7. The summed E-state index contributed by atoms with van der Waals surface area (Å²) in [6.45, 7) is 8.38. The number of Topliss-reactive ketones (excluding diaryl/α,β-unsaturated/α-hetero) is 2. The van der Waals surface area contributed by atoms with Gasteiger partial charge in [0.1, 0.15) is 16.5 Å². The molecule has 2 heterocycles. The minimum atomic E-state index is -1.36. The number of benzene rings is 3. The number of nitrogens with zero attached hydrogens (tertiary/aromatic N) is 4. The minimum Gasteiger partial charge on any atom is -0.462 e. The number of thiazole rings is 1. The SMILES string of the molecule is CCCCOC(=O)c1ccc(OC(=O)/C(=C/c2cc3sc(/N=N/c4ccc(N(CC)CC)cc4)nc3s2)C2C(=O)c3ccccc3C2=O)cc1. The Kier molecular flexibility index (Phi) is 10.7. The average molecular weight is 707 g/mol. The molecule has 0 amide bonds.